The van der Waals surface area contributed by atoms with Crippen LogP contribution in [0.4, 0.5) is 0 Å². The average Bonchev–Trinajstić information content (AvgIpc) is 2.81. The Morgan fingerprint density at radius 2 is 1.73 bits per heavy atom. The van der Waals surface area contributed by atoms with E-state index in [-0.39, 0.29) is 0 Å². The van der Waals surface area contributed by atoms with Gasteiger partial charge in [0.25, 0.3) is 0 Å². The highest BCUT2D eigenvalue weighted by molar-refractivity contribution is 6.15. The lowest BCUT2D eigenvalue weighted by Crippen LogP contribution is -2.29. The molecule has 30 heavy (non-hydrogen) atoms. The molecule has 1 fully saturated rings. The molecule has 2 aliphatic rings. The molecule has 0 spiro atoms. The number of aliphatic imine (C=N–C) groups is 1. The molecule has 1 aliphatic heterocycles. The van der Waals surface area contributed by atoms with E-state index in [0.717, 1.165) is 46.0 Å². The summed E-state index contributed by atoms with van der Waals surface area (Å²) in [5.74, 6) is 1.99. The van der Waals surface area contributed by atoms with Crippen LogP contribution in [0.25, 0.3) is 0 Å². The smallest absolute Gasteiger partial charge is 0.161 e. The number of ether oxygens (including phenoxy) is 2. The number of methoxy groups -OCH3 is 2. The number of rotatable bonds is 6. The fraction of sp³-hybridized carbons (Fsp3) is 0.440. The van der Waals surface area contributed by atoms with Crippen LogP contribution in [-0.2, 0) is 4.84 Å². The molecule has 0 unspecified atom stereocenters. The number of nitrogens with zero attached hydrogens (tertiary/aromatic N) is 2. The molecule has 4 rings (SSSR count). The first kappa shape index (κ1) is 20.5. The van der Waals surface area contributed by atoms with Crippen LogP contribution in [0.1, 0.15) is 67.7 Å². The monoisotopic (exact) mass is 406 g/mol. The molecule has 0 aromatic heterocycles. The number of fused-ring (bicyclic) bond motifs is 3. The van der Waals surface area contributed by atoms with Gasteiger partial charge in [-0.05, 0) is 49.9 Å². The predicted octanol–water partition coefficient (Wildman–Crippen LogP) is 5.34. The summed E-state index contributed by atoms with van der Waals surface area (Å²) < 4.78 is 11.2. The zero-order valence-corrected chi connectivity index (χ0v) is 18.3. The molecule has 2 aromatic carbocycles. The maximum Gasteiger partial charge on any atom is 0.161 e. The first-order valence-electron chi connectivity index (χ1n) is 10.8. The van der Waals surface area contributed by atoms with Gasteiger partial charge in [-0.1, -0.05) is 42.3 Å². The second-order valence-electron chi connectivity index (χ2n) is 7.90. The van der Waals surface area contributed by atoms with Crippen molar-refractivity contribution < 1.29 is 14.3 Å². The van der Waals surface area contributed by atoms with E-state index in [2.05, 4.69) is 41.6 Å². The second-order valence-corrected chi connectivity index (χ2v) is 7.90. The van der Waals surface area contributed by atoms with Gasteiger partial charge in [-0.2, -0.15) is 0 Å². The van der Waals surface area contributed by atoms with Crippen molar-refractivity contribution in [1.82, 2.24) is 0 Å². The summed E-state index contributed by atoms with van der Waals surface area (Å²) in [6.07, 6.45) is 4.82. The van der Waals surface area contributed by atoms with Gasteiger partial charge in [0.1, 0.15) is 6.61 Å². The highest BCUT2D eigenvalue weighted by Gasteiger charge is 2.34. The molecular weight excluding hydrogens is 376 g/mol. The summed E-state index contributed by atoms with van der Waals surface area (Å²) in [7, 11) is 3.38. The lowest BCUT2D eigenvalue weighted by atomic mass is 9.75. The van der Waals surface area contributed by atoms with Crippen LogP contribution < -0.4 is 9.47 Å². The molecule has 0 bridgehead atoms. The number of hydrogen-bond acceptors (Lipinski definition) is 5. The van der Waals surface area contributed by atoms with Gasteiger partial charge in [0.15, 0.2) is 11.5 Å². The van der Waals surface area contributed by atoms with Crippen molar-refractivity contribution in [3.8, 4) is 11.5 Å². The van der Waals surface area contributed by atoms with Crippen LogP contribution in [0.5, 0.6) is 11.5 Å². The van der Waals surface area contributed by atoms with Gasteiger partial charge in [-0.15, -0.1) is 0 Å². The Bertz CT molecular complexity index is 963. The Balaban J connectivity index is 1.77. The van der Waals surface area contributed by atoms with Crippen LogP contribution in [-0.4, -0.2) is 38.3 Å². The van der Waals surface area contributed by atoms with Gasteiger partial charge in [-0.3, -0.25) is 4.99 Å². The van der Waals surface area contributed by atoms with Gasteiger partial charge in [0.2, 0.25) is 0 Å². The standard InChI is InChI=1S/C25H30N2O3/c1-5-30-27-16(2)17-10-12-18(13-11-17)25-21-15-24(29-4)23(28-3)14-20(21)19-8-6-7-9-22(19)26-25/h10-15,19,22H,5-9H2,1-4H3/b27-16+/t19-,22-/m1/s1. The Morgan fingerprint density at radius 1 is 1.03 bits per heavy atom. The molecule has 2 aromatic rings. The number of benzene rings is 2. The van der Waals surface area contributed by atoms with E-state index < -0.39 is 0 Å². The zero-order valence-electron chi connectivity index (χ0n) is 18.3. The molecule has 1 heterocycles. The molecule has 0 radical (unpaired) electrons. The van der Waals surface area contributed by atoms with Gasteiger partial charge >= 0.3 is 0 Å². The highest BCUT2D eigenvalue weighted by atomic mass is 16.6. The molecule has 0 saturated heterocycles. The summed E-state index contributed by atoms with van der Waals surface area (Å²) in [6.45, 7) is 4.46. The third-order valence-electron chi connectivity index (χ3n) is 6.14. The lowest BCUT2D eigenvalue weighted by Gasteiger charge is -2.35. The van der Waals surface area contributed by atoms with Crippen molar-refractivity contribution in [3.05, 3.63) is 58.7 Å². The van der Waals surface area contributed by atoms with Crippen molar-refractivity contribution >= 4 is 11.4 Å². The van der Waals surface area contributed by atoms with E-state index in [4.69, 9.17) is 19.3 Å². The third-order valence-corrected chi connectivity index (χ3v) is 6.14. The molecule has 0 N–H and O–H groups in total. The van der Waals surface area contributed by atoms with E-state index >= 15 is 0 Å². The average molecular weight is 407 g/mol. The van der Waals surface area contributed by atoms with Crippen LogP contribution in [0.15, 0.2) is 46.5 Å². The number of oxime groups is 1. The minimum Gasteiger partial charge on any atom is -0.493 e. The van der Waals surface area contributed by atoms with Gasteiger partial charge in [0, 0.05) is 17.0 Å². The third kappa shape index (κ3) is 3.81. The topological polar surface area (TPSA) is 52.4 Å². The predicted molar refractivity (Wildman–Crippen MR) is 120 cm³/mol. The second kappa shape index (κ2) is 8.90. The molecular formula is C25H30N2O3. The van der Waals surface area contributed by atoms with E-state index in [1.54, 1.807) is 14.2 Å². The summed E-state index contributed by atoms with van der Waals surface area (Å²) >= 11 is 0. The minimum absolute atomic E-state index is 0.334. The van der Waals surface area contributed by atoms with Crippen molar-refractivity contribution in [3.63, 3.8) is 0 Å². The Kier molecular flexibility index (Phi) is 6.07. The number of hydrogen-bond donors (Lipinski definition) is 0. The van der Waals surface area contributed by atoms with Crippen LogP contribution >= 0.6 is 0 Å². The highest BCUT2D eigenvalue weighted by Crippen LogP contribution is 2.44. The fourth-order valence-electron chi connectivity index (χ4n) is 4.58. The van der Waals surface area contributed by atoms with Crippen LogP contribution in [0.2, 0.25) is 0 Å². The molecule has 5 heteroatoms. The molecule has 158 valence electrons. The summed E-state index contributed by atoms with van der Waals surface area (Å²) in [6, 6.07) is 13.0. The van der Waals surface area contributed by atoms with Crippen LogP contribution in [0.3, 0.4) is 0 Å². The van der Waals surface area contributed by atoms with E-state index in [9.17, 15) is 0 Å². The molecule has 1 saturated carbocycles. The lowest BCUT2D eigenvalue weighted by molar-refractivity contribution is 0.159. The maximum absolute atomic E-state index is 5.61. The van der Waals surface area contributed by atoms with Crippen molar-refractivity contribution in [2.24, 2.45) is 10.1 Å². The first-order valence-corrected chi connectivity index (χ1v) is 10.8. The Morgan fingerprint density at radius 3 is 2.43 bits per heavy atom. The molecule has 2 atom stereocenters. The summed E-state index contributed by atoms with van der Waals surface area (Å²) in [5, 5.41) is 4.14. The normalized spacial score (nSPS) is 20.7. The van der Waals surface area contributed by atoms with E-state index in [1.165, 1.54) is 24.8 Å². The first-order chi connectivity index (χ1) is 14.7. The van der Waals surface area contributed by atoms with E-state index in [0.29, 0.717) is 18.6 Å². The molecule has 0 amide bonds. The van der Waals surface area contributed by atoms with E-state index in [1.807, 2.05) is 13.8 Å². The quantitative estimate of drug-likeness (QED) is 0.480. The minimum atomic E-state index is 0.334. The summed E-state index contributed by atoms with van der Waals surface area (Å²) in [5.41, 5.74) is 6.56. The fourth-order valence-corrected chi connectivity index (χ4v) is 4.58. The summed E-state index contributed by atoms with van der Waals surface area (Å²) in [4.78, 5) is 10.4. The van der Waals surface area contributed by atoms with Crippen molar-refractivity contribution in [2.45, 2.75) is 51.5 Å². The Labute approximate surface area is 178 Å². The van der Waals surface area contributed by atoms with Crippen LogP contribution in [0, 0.1) is 0 Å². The van der Waals surface area contributed by atoms with Crippen molar-refractivity contribution in [2.75, 3.05) is 20.8 Å². The molecule has 1 aliphatic carbocycles. The largest absolute Gasteiger partial charge is 0.493 e. The van der Waals surface area contributed by atoms with Gasteiger partial charge in [0.05, 0.1) is 31.7 Å². The van der Waals surface area contributed by atoms with Gasteiger partial charge in [-0.25, -0.2) is 0 Å². The van der Waals surface area contributed by atoms with Gasteiger partial charge < -0.3 is 14.3 Å². The van der Waals surface area contributed by atoms with Crippen molar-refractivity contribution in [1.29, 1.82) is 0 Å². The SMILES string of the molecule is CCO/N=C(\C)c1ccc(C2=N[C@@H]3CCCC[C@@H]3c3cc(OC)c(OC)cc32)cc1. The Hall–Kier alpha value is -2.82. The maximum atomic E-state index is 5.61. The molecule has 5 nitrogen and oxygen atoms in total. The zero-order chi connectivity index (χ0) is 21.1.